The van der Waals surface area contributed by atoms with Gasteiger partial charge in [0.2, 0.25) is 5.43 Å². The highest BCUT2D eigenvalue weighted by Gasteiger charge is 2.15. The van der Waals surface area contributed by atoms with Crippen molar-refractivity contribution in [2.24, 2.45) is 0 Å². The average molecular weight is 354 g/mol. The number of rotatable bonds is 4. The summed E-state index contributed by atoms with van der Waals surface area (Å²) < 4.78 is 1.95. The predicted molar refractivity (Wildman–Crippen MR) is 108 cm³/mol. The number of carbonyl (C=O) groups is 1. The molecular weight excluding hydrogens is 336 g/mol. The molecule has 4 rings (SSSR count). The Kier molecular flexibility index (Phi) is 4.54. The number of fused-ring (bicyclic) bond motifs is 1. The number of hydrogen-bond donors (Lipinski definition) is 1. The quantitative estimate of drug-likeness (QED) is 0.594. The van der Waals surface area contributed by atoms with E-state index in [-0.39, 0.29) is 11.0 Å². The standard InChI is InChI=1S/C23H18N2O2/c26-22-19-13-7-8-14-21(19)25(15-17-9-3-1-4-10-17)16-20(22)23(27)24-18-11-5-2-6-12-18/h1-14,16H,15H2,(H,24,27). The van der Waals surface area contributed by atoms with Crippen LogP contribution in [-0.2, 0) is 6.54 Å². The Morgan fingerprint density at radius 2 is 1.44 bits per heavy atom. The van der Waals surface area contributed by atoms with Gasteiger partial charge >= 0.3 is 0 Å². The topological polar surface area (TPSA) is 51.1 Å². The van der Waals surface area contributed by atoms with Gasteiger partial charge in [-0.15, -0.1) is 0 Å². The Hall–Kier alpha value is -3.66. The molecule has 1 heterocycles. The van der Waals surface area contributed by atoms with Crippen LogP contribution >= 0.6 is 0 Å². The lowest BCUT2D eigenvalue weighted by molar-refractivity contribution is 0.102. The van der Waals surface area contributed by atoms with Crippen molar-refractivity contribution in [2.45, 2.75) is 6.54 Å². The molecule has 3 aromatic carbocycles. The van der Waals surface area contributed by atoms with Crippen LogP contribution in [0.15, 0.2) is 95.9 Å². The van der Waals surface area contributed by atoms with Gasteiger partial charge in [0.05, 0.1) is 5.52 Å². The number of amides is 1. The zero-order valence-corrected chi connectivity index (χ0v) is 14.6. The minimum atomic E-state index is -0.404. The maximum absolute atomic E-state index is 12.9. The van der Waals surface area contributed by atoms with Gasteiger partial charge in [0, 0.05) is 23.8 Å². The van der Waals surface area contributed by atoms with E-state index < -0.39 is 5.91 Å². The molecule has 1 N–H and O–H groups in total. The Balaban J connectivity index is 1.80. The first-order valence-corrected chi connectivity index (χ1v) is 8.75. The maximum Gasteiger partial charge on any atom is 0.261 e. The van der Waals surface area contributed by atoms with E-state index in [0.29, 0.717) is 17.6 Å². The van der Waals surface area contributed by atoms with Crippen LogP contribution in [0.2, 0.25) is 0 Å². The number of anilines is 1. The zero-order chi connectivity index (χ0) is 18.6. The number of nitrogens with zero attached hydrogens (tertiary/aromatic N) is 1. The van der Waals surface area contributed by atoms with E-state index in [9.17, 15) is 9.59 Å². The molecule has 4 aromatic rings. The lowest BCUT2D eigenvalue weighted by atomic mass is 10.1. The number of carbonyl (C=O) groups excluding carboxylic acids is 1. The van der Waals surface area contributed by atoms with Crippen LogP contribution < -0.4 is 10.7 Å². The smallest absolute Gasteiger partial charge is 0.261 e. The van der Waals surface area contributed by atoms with E-state index in [4.69, 9.17) is 0 Å². The monoisotopic (exact) mass is 354 g/mol. The maximum atomic E-state index is 12.9. The molecule has 1 aromatic heterocycles. The number of hydrogen-bond acceptors (Lipinski definition) is 2. The van der Waals surface area contributed by atoms with Gasteiger partial charge in [0.1, 0.15) is 5.56 Å². The third-order valence-corrected chi connectivity index (χ3v) is 4.46. The predicted octanol–water partition coefficient (Wildman–Crippen LogP) is 4.30. The number of para-hydroxylation sites is 2. The molecule has 0 aliphatic heterocycles. The molecule has 0 spiro atoms. The van der Waals surface area contributed by atoms with Crippen molar-refractivity contribution in [1.82, 2.24) is 4.57 Å². The van der Waals surface area contributed by atoms with Gasteiger partial charge in [-0.3, -0.25) is 9.59 Å². The highest BCUT2D eigenvalue weighted by atomic mass is 16.2. The zero-order valence-electron chi connectivity index (χ0n) is 14.6. The van der Waals surface area contributed by atoms with Crippen molar-refractivity contribution in [3.63, 3.8) is 0 Å². The van der Waals surface area contributed by atoms with E-state index in [1.165, 1.54) is 0 Å². The Morgan fingerprint density at radius 1 is 0.815 bits per heavy atom. The van der Waals surface area contributed by atoms with Gasteiger partial charge in [-0.2, -0.15) is 0 Å². The second-order valence-electron chi connectivity index (χ2n) is 6.32. The summed E-state index contributed by atoms with van der Waals surface area (Å²) in [5.74, 6) is -0.404. The first-order valence-electron chi connectivity index (χ1n) is 8.75. The SMILES string of the molecule is O=C(Nc1ccccc1)c1cn(Cc2ccccc2)c2ccccc2c1=O. The lowest BCUT2D eigenvalue weighted by Gasteiger charge is -2.14. The van der Waals surface area contributed by atoms with Gasteiger partial charge in [0.15, 0.2) is 0 Å². The Morgan fingerprint density at radius 3 is 2.19 bits per heavy atom. The fourth-order valence-corrected chi connectivity index (χ4v) is 3.14. The van der Waals surface area contributed by atoms with Crippen LogP contribution in [0.5, 0.6) is 0 Å². The summed E-state index contributed by atoms with van der Waals surface area (Å²) in [7, 11) is 0. The minimum Gasteiger partial charge on any atom is -0.342 e. The number of aromatic nitrogens is 1. The summed E-state index contributed by atoms with van der Waals surface area (Å²) in [5.41, 5.74) is 2.44. The van der Waals surface area contributed by atoms with Crippen molar-refractivity contribution < 1.29 is 4.79 Å². The van der Waals surface area contributed by atoms with E-state index in [2.05, 4.69) is 5.32 Å². The van der Waals surface area contributed by atoms with Crippen LogP contribution in [0.1, 0.15) is 15.9 Å². The Labute approximate surface area is 156 Å². The molecule has 132 valence electrons. The molecule has 1 amide bonds. The molecule has 27 heavy (non-hydrogen) atoms. The number of pyridine rings is 1. The summed E-state index contributed by atoms with van der Waals surface area (Å²) >= 11 is 0. The molecule has 0 saturated heterocycles. The molecule has 0 bridgehead atoms. The van der Waals surface area contributed by atoms with Gasteiger partial charge in [-0.1, -0.05) is 60.7 Å². The first-order chi connectivity index (χ1) is 13.2. The summed E-state index contributed by atoms with van der Waals surface area (Å²) in [5, 5.41) is 3.34. The number of nitrogens with one attached hydrogen (secondary N) is 1. The van der Waals surface area contributed by atoms with Gasteiger partial charge in [-0.25, -0.2) is 0 Å². The first kappa shape index (κ1) is 16.8. The molecule has 0 atom stereocenters. The summed E-state index contributed by atoms with van der Waals surface area (Å²) in [6.07, 6.45) is 1.65. The van der Waals surface area contributed by atoms with Crippen LogP contribution in [0.25, 0.3) is 10.9 Å². The van der Waals surface area contributed by atoms with Gasteiger partial charge in [0.25, 0.3) is 5.91 Å². The lowest BCUT2D eigenvalue weighted by Crippen LogP contribution is -2.24. The second kappa shape index (κ2) is 7.30. The fourth-order valence-electron chi connectivity index (χ4n) is 3.14. The number of benzene rings is 3. The average Bonchev–Trinajstić information content (AvgIpc) is 2.71. The van der Waals surface area contributed by atoms with Crippen molar-refractivity contribution in [3.05, 3.63) is 112 Å². The third kappa shape index (κ3) is 3.51. The third-order valence-electron chi connectivity index (χ3n) is 4.46. The largest absolute Gasteiger partial charge is 0.342 e. The minimum absolute atomic E-state index is 0.133. The van der Waals surface area contributed by atoms with Crippen molar-refractivity contribution in [3.8, 4) is 0 Å². The molecule has 0 aliphatic rings. The van der Waals surface area contributed by atoms with E-state index >= 15 is 0 Å². The molecule has 0 fully saturated rings. The van der Waals surface area contributed by atoms with Crippen LogP contribution in [-0.4, -0.2) is 10.5 Å². The van der Waals surface area contributed by atoms with Crippen LogP contribution in [0, 0.1) is 0 Å². The van der Waals surface area contributed by atoms with Crippen LogP contribution in [0.3, 0.4) is 0 Å². The van der Waals surface area contributed by atoms with Gasteiger partial charge in [-0.05, 0) is 29.8 Å². The second-order valence-corrected chi connectivity index (χ2v) is 6.32. The summed E-state index contributed by atoms with van der Waals surface area (Å²) in [4.78, 5) is 25.6. The highest BCUT2D eigenvalue weighted by molar-refractivity contribution is 6.05. The van der Waals surface area contributed by atoms with E-state index in [1.54, 1.807) is 24.4 Å². The normalized spacial score (nSPS) is 10.7. The summed E-state index contributed by atoms with van der Waals surface area (Å²) in [6.45, 7) is 0.577. The van der Waals surface area contributed by atoms with Crippen molar-refractivity contribution in [1.29, 1.82) is 0 Å². The van der Waals surface area contributed by atoms with Crippen molar-refractivity contribution >= 4 is 22.5 Å². The molecule has 0 unspecified atom stereocenters. The van der Waals surface area contributed by atoms with E-state index in [1.807, 2.05) is 71.3 Å². The van der Waals surface area contributed by atoms with Crippen LogP contribution in [0.4, 0.5) is 5.69 Å². The fraction of sp³-hybridized carbons (Fsp3) is 0.0435. The van der Waals surface area contributed by atoms with Gasteiger partial charge < -0.3 is 9.88 Å². The molecule has 4 heteroatoms. The molecule has 0 aliphatic carbocycles. The molecule has 0 radical (unpaired) electrons. The molecule has 4 nitrogen and oxygen atoms in total. The summed E-state index contributed by atoms with van der Waals surface area (Å²) in [6, 6.07) is 26.5. The molecular formula is C23H18N2O2. The Bertz CT molecular complexity index is 1150. The van der Waals surface area contributed by atoms with E-state index in [0.717, 1.165) is 11.1 Å². The highest BCUT2D eigenvalue weighted by Crippen LogP contribution is 2.15. The molecule has 0 saturated carbocycles. The van der Waals surface area contributed by atoms with Crippen molar-refractivity contribution in [2.75, 3.05) is 5.32 Å².